The molecule has 0 heterocycles. The summed E-state index contributed by atoms with van der Waals surface area (Å²) < 4.78 is 28.2. The molecule has 1 aromatic carbocycles. The van der Waals surface area contributed by atoms with Crippen LogP contribution in [0.4, 0.5) is 8.78 Å². The summed E-state index contributed by atoms with van der Waals surface area (Å²) in [5.41, 5.74) is 5.38. The van der Waals surface area contributed by atoms with E-state index in [1.165, 1.54) is 18.2 Å². The predicted molar refractivity (Wildman–Crippen MR) is 52.1 cm³/mol. The van der Waals surface area contributed by atoms with E-state index in [0.29, 0.717) is 5.02 Å². The van der Waals surface area contributed by atoms with E-state index in [4.69, 9.17) is 17.3 Å². The molecule has 0 spiro atoms. The summed E-state index contributed by atoms with van der Waals surface area (Å²) in [6.07, 6.45) is -1.07. The van der Waals surface area contributed by atoms with Gasteiger partial charge in [0.25, 0.3) is 0 Å². The normalized spacial score (nSPS) is 12.9. The molecule has 15 heavy (non-hydrogen) atoms. The fraction of sp³-hybridized carbons (Fsp3) is 0.333. The van der Waals surface area contributed by atoms with Crippen molar-refractivity contribution in [2.75, 3.05) is 6.54 Å². The molecule has 1 atom stereocenters. The Balaban J connectivity index is 3.02. The average molecular weight is 238 g/mol. The highest BCUT2D eigenvalue weighted by Crippen LogP contribution is 2.29. The highest BCUT2D eigenvalue weighted by molar-refractivity contribution is 6.30. The molecule has 0 aromatic heterocycles. The van der Waals surface area contributed by atoms with Crippen molar-refractivity contribution >= 4 is 11.6 Å². The topological polar surface area (TPSA) is 55.5 Å². The standard InChI is InChI=1S/C9H10ClF2NO2/c10-5-1-2-8(15-9(11)12)6(3-5)7(14)4-13/h1-3,7,9,14H,4,13H2/t7-/m0/s1. The number of hydrogen-bond acceptors (Lipinski definition) is 3. The van der Waals surface area contributed by atoms with E-state index in [2.05, 4.69) is 4.74 Å². The molecule has 0 saturated heterocycles. The van der Waals surface area contributed by atoms with Crippen molar-refractivity contribution in [1.82, 2.24) is 0 Å². The van der Waals surface area contributed by atoms with Crippen molar-refractivity contribution in [3.8, 4) is 5.75 Å². The summed E-state index contributed by atoms with van der Waals surface area (Å²) in [7, 11) is 0. The average Bonchev–Trinajstić information content (AvgIpc) is 2.19. The minimum Gasteiger partial charge on any atom is -0.434 e. The van der Waals surface area contributed by atoms with Crippen molar-refractivity contribution in [2.24, 2.45) is 5.73 Å². The molecule has 0 fully saturated rings. The maximum atomic E-state index is 12.0. The van der Waals surface area contributed by atoms with Crippen molar-refractivity contribution in [3.05, 3.63) is 28.8 Å². The second kappa shape index (κ2) is 5.25. The molecule has 0 bridgehead atoms. The number of alkyl halides is 2. The summed E-state index contributed by atoms with van der Waals surface area (Å²) in [4.78, 5) is 0. The zero-order chi connectivity index (χ0) is 11.4. The first kappa shape index (κ1) is 12.2. The molecule has 1 rings (SSSR count). The van der Waals surface area contributed by atoms with Gasteiger partial charge in [-0.2, -0.15) is 8.78 Å². The molecule has 84 valence electrons. The minimum atomic E-state index is -2.95. The van der Waals surface area contributed by atoms with E-state index in [1.54, 1.807) is 0 Å². The van der Waals surface area contributed by atoms with Gasteiger partial charge in [0.2, 0.25) is 0 Å². The predicted octanol–water partition coefficient (Wildman–Crippen LogP) is 1.93. The Labute approximate surface area is 90.4 Å². The van der Waals surface area contributed by atoms with Crippen LogP contribution in [0.1, 0.15) is 11.7 Å². The van der Waals surface area contributed by atoms with Crippen LogP contribution < -0.4 is 10.5 Å². The van der Waals surface area contributed by atoms with E-state index >= 15 is 0 Å². The van der Waals surface area contributed by atoms with Crippen molar-refractivity contribution < 1.29 is 18.6 Å². The Hall–Kier alpha value is -0.910. The number of aliphatic hydroxyl groups is 1. The van der Waals surface area contributed by atoms with Crippen LogP contribution in [0.25, 0.3) is 0 Å². The fourth-order valence-corrected chi connectivity index (χ4v) is 1.29. The Morgan fingerprint density at radius 2 is 2.13 bits per heavy atom. The second-order valence-corrected chi connectivity index (χ2v) is 3.25. The molecular weight excluding hydrogens is 228 g/mol. The zero-order valence-electron chi connectivity index (χ0n) is 7.66. The summed E-state index contributed by atoms with van der Waals surface area (Å²) in [6, 6.07) is 4.01. The molecule has 0 amide bonds. The molecule has 0 radical (unpaired) electrons. The first-order chi connectivity index (χ1) is 7.04. The van der Waals surface area contributed by atoms with Gasteiger partial charge in [-0.3, -0.25) is 0 Å². The maximum absolute atomic E-state index is 12.0. The molecule has 1 aromatic rings. The van der Waals surface area contributed by atoms with Crippen LogP contribution in [0.2, 0.25) is 5.02 Å². The van der Waals surface area contributed by atoms with Crippen LogP contribution in [-0.2, 0) is 0 Å². The lowest BCUT2D eigenvalue weighted by atomic mass is 10.1. The summed E-state index contributed by atoms with van der Waals surface area (Å²) in [5.74, 6) is -0.118. The Morgan fingerprint density at radius 1 is 1.47 bits per heavy atom. The Bertz CT molecular complexity index is 336. The van der Waals surface area contributed by atoms with E-state index in [0.717, 1.165) is 0 Å². The Morgan fingerprint density at radius 3 is 2.67 bits per heavy atom. The quantitative estimate of drug-likeness (QED) is 0.841. The van der Waals surface area contributed by atoms with Gasteiger partial charge in [0.05, 0.1) is 6.10 Å². The highest BCUT2D eigenvalue weighted by atomic mass is 35.5. The third kappa shape index (κ3) is 3.30. The van der Waals surface area contributed by atoms with Gasteiger partial charge in [-0.25, -0.2) is 0 Å². The van der Waals surface area contributed by atoms with Crippen LogP contribution >= 0.6 is 11.6 Å². The van der Waals surface area contributed by atoms with Gasteiger partial charge in [0.15, 0.2) is 0 Å². The molecule has 0 aliphatic carbocycles. The first-order valence-electron chi connectivity index (χ1n) is 4.17. The van der Waals surface area contributed by atoms with Gasteiger partial charge in [0.1, 0.15) is 5.75 Å². The SMILES string of the molecule is NC[C@H](O)c1cc(Cl)ccc1OC(F)F. The van der Waals surface area contributed by atoms with Gasteiger partial charge in [-0.05, 0) is 18.2 Å². The first-order valence-corrected chi connectivity index (χ1v) is 4.54. The van der Waals surface area contributed by atoms with Crippen LogP contribution in [0.3, 0.4) is 0 Å². The molecule has 3 N–H and O–H groups in total. The number of nitrogens with two attached hydrogens (primary N) is 1. The molecule has 0 aliphatic rings. The fourth-order valence-electron chi connectivity index (χ4n) is 1.11. The largest absolute Gasteiger partial charge is 0.434 e. The van der Waals surface area contributed by atoms with E-state index in [9.17, 15) is 13.9 Å². The van der Waals surface area contributed by atoms with Crippen LogP contribution in [0.15, 0.2) is 18.2 Å². The molecule has 0 aliphatic heterocycles. The Kier molecular flexibility index (Phi) is 4.26. The van der Waals surface area contributed by atoms with Gasteiger partial charge < -0.3 is 15.6 Å². The summed E-state index contributed by atoms with van der Waals surface area (Å²) in [6.45, 7) is -3.05. The van der Waals surface area contributed by atoms with E-state index in [-0.39, 0.29) is 17.9 Å². The van der Waals surface area contributed by atoms with Crippen LogP contribution in [0.5, 0.6) is 5.75 Å². The molecule has 0 unspecified atom stereocenters. The summed E-state index contributed by atoms with van der Waals surface area (Å²) >= 11 is 5.66. The van der Waals surface area contributed by atoms with Crippen molar-refractivity contribution in [1.29, 1.82) is 0 Å². The third-order valence-corrected chi connectivity index (χ3v) is 2.01. The summed E-state index contributed by atoms with van der Waals surface area (Å²) in [5, 5.41) is 9.76. The number of aliphatic hydroxyl groups excluding tert-OH is 1. The lowest BCUT2D eigenvalue weighted by Crippen LogP contribution is -2.14. The molecule has 6 heteroatoms. The van der Waals surface area contributed by atoms with Crippen molar-refractivity contribution in [3.63, 3.8) is 0 Å². The molecule has 0 saturated carbocycles. The van der Waals surface area contributed by atoms with E-state index < -0.39 is 12.7 Å². The van der Waals surface area contributed by atoms with Gasteiger partial charge in [-0.1, -0.05) is 11.6 Å². The lowest BCUT2D eigenvalue weighted by molar-refractivity contribution is -0.0514. The number of hydrogen-bond donors (Lipinski definition) is 2. The van der Waals surface area contributed by atoms with Gasteiger partial charge in [-0.15, -0.1) is 0 Å². The molecule has 3 nitrogen and oxygen atoms in total. The number of rotatable bonds is 4. The third-order valence-electron chi connectivity index (χ3n) is 1.77. The van der Waals surface area contributed by atoms with Gasteiger partial charge >= 0.3 is 6.61 Å². The minimum absolute atomic E-state index is 0.0973. The van der Waals surface area contributed by atoms with Crippen molar-refractivity contribution in [2.45, 2.75) is 12.7 Å². The second-order valence-electron chi connectivity index (χ2n) is 2.81. The maximum Gasteiger partial charge on any atom is 0.387 e. The van der Waals surface area contributed by atoms with Gasteiger partial charge in [0, 0.05) is 17.1 Å². The lowest BCUT2D eigenvalue weighted by Gasteiger charge is -2.14. The number of ether oxygens (including phenoxy) is 1. The van der Waals surface area contributed by atoms with Crippen LogP contribution in [-0.4, -0.2) is 18.3 Å². The number of benzene rings is 1. The zero-order valence-corrected chi connectivity index (χ0v) is 8.42. The van der Waals surface area contributed by atoms with Crippen LogP contribution in [0, 0.1) is 0 Å². The monoisotopic (exact) mass is 237 g/mol. The molecular formula is C9H10ClF2NO2. The number of halogens is 3. The smallest absolute Gasteiger partial charge is 0.387 e. The van der Waals surface area contributed by atoms with E-state index in [1.807, 2.05) is 0 Å². The highest BCUT2D eigenvalue weighted by Gasteiger charge is 2.15.